The van der Waals surface area contributed by atoms with Gasteiger partial charge < -0.3 is 5.11 Å². The highest BCUT2D eigenvalue weighted by molar-refractivity contribution is 5.98. The average molecular weight is 256 g/mol. The molecule has 0 aromatic heterocycles. The monoisotopic (exact) mass is 256 g/mol. The number of carbonyl (C=O) groups excluding carboxylic acids is 1. The van der Waals surface area contributed by atoms with Gasteiger partial charge in [-0.25, -0.2) is 0 Å². The second-order valence-corrected chi connectivity index (χ2v) is 5.37. The van der Waals surface area contributed by atoms with Crippen LogP contribution in [-0.2, 0) is 16.6 Å². The number of aryl methyl sites for hydroxylation is 1. The minimum atomic E-state index is -0.893. The molecule has 2 aliphatic rings. The maximum absolute atomic E-state index is 11.8. The first kappa shape index (κ1) is 12.2. The summed E-state index contributed by atoms with van der Waals surface area (Å²) in [7, 11) is 0. The Labute approximate surface area is 111 Å². The highest BCUT2D eigenvalue weighted by atomic mass is 16.4. The molecule has 0 spiro atoms. The molecule has 0 bridgehead atoms. The molecule has 2 aliphatic carbocycles. The van der Waals surface area contributed by atoms with Crippen LogP contribution in [0, 0.1) is 0 Å². The van der Waals surface area contributed by atoms with Gasteiger partial charge in [0.15, 0.2) is 5.78 Å². The molecule has 3 rings (SSSR count). The quantitative estimate of drug-likeness (QED) is 0.828. The van der Waals surface area contributed by atoms with Gasteiger partial charge in [-0.05, 0) is 36.8 Å². The Bertz CT molecular complexity index is 586. The van der Waals surface area contributed by atoms with E-state index in [-0.39, 0.29) is 5.78 Å². The summed E-state index contributed by atoms with van der Waals surface area (Å²) in [5, 5.41) is 9.56. The molecule has 1 atom stereocenters. The Morgan fingerprint density at radius 2 is 2.11 bits per heavy atom. The average Bonchev–Trinajstić information content (AvgIpc) is 2.89. The van der Waals surface area contributed by atoms with E-state index in [9.17, 15) is 14.7 Å². The zero-order chi connectivity index (χ0) is 13.5. The van der Waals surface area contributed by atoms with E-state index >= 15 is 0 Å². The first-order valence-corrected chi connectivity index (χ1v) is 6.71. The molecule has 0 aliphatic heterocycles. The normalized spacial score (nSPS) is 25.4. The van der Waals surface area contributed by atoms with Crippen molar-refractivity contribution in [3.05, 3.63) is 47.0 Å². The van der Waals surface area contributed by atoms with Crippen LogP contribution < -0.4 is 0 Å². The van der Waals surface area contributed by atoms with Crippen molar-refractivity contribution in [3.8, 4) is 0 Å². The summed E-state index contributed by atoms with van der Waals surface area (Å²) in [5.74, 6) is -0.623. The predicted molar refractivity (Wildman–Crippen MR) is 71.4 cm³/mol. The van der Waals surface area contributed by atoms with Crippen molar-refractivity contribution in [2.45, 2.75) is 37.5 Å². The van der Waals surface area contributed by atoms with Gasteiger partial charge in [0.1, 0.15) is 5.41 Å². The lowest BCUT2D eigenvalue weighted by Crippen LogP contribution is -2.32. The minimum Gasteiger partial charge on any atom is -0.480 e. The van der Waals surface area contributed by atoms with E-state index in [0.717, 1.165) is 36.0 Å². The van der Waals surface area contributed by atoms with Gasteiger partial charge in [0.2, 0.25) is 0 Å². The second-order valence-electron chi connectivity index (χ2n) is 5.37. The van der Waals surface area contributed by atoms with Crippen LogP contribution in [-0.4, -0.2) is 16.9 Å². The molecule has 1 unspecified atom stereocenters. The maximum Gasteiger partial charge on any atom is 0.318 e. The molecule has 0 saturated heterocycles. The third-order valence-corrected chi connectivity index (χ3v) is 4.26. The molecule has 0 heterocycles. The van der Waals surface area contributed by atoms with Crippen LogP contribution >= 0.6 is 0 Å². The van der Waals surface area contributed by atoms with Crippen LogP contribution in [0.15, 0.2) is 30.4 Å². The number of allylic oxidation sites excluding steroid dienone is 1. The van der Waals surface area contributed by atoms with Crippen LogP contribution in [0.3, 0.4) is 0 Å². The largest absolute Gasteiger partial charge is 0.480 e. The Morgan fingerprint density at radius 3 is 2.79 bits per heavy atom. The summed E-state index contributed by atoms with van der Waals surface area (Å²) in [6, 6.07) is 5.55. The van der Waals surface area contributed by atoms with E-state index in [4.69, 9.17) is 0 Å². The number of carboxylic acids is 1. The number of ketones is 1. The Kier molecular flexibility index (Phi) is 2.77. The highest BCUT2D eigenvalue weighted by Crippen LogP contribution is 2.38. The van der Waals surface area contributed by atoms with Crippen molar-refractivity contribution in [1.29, 1.82) is 0 Å². The number of benzene rings is 1. The molecule has 0 saturated carbocycles. The van der Waals surface area contributed by atoms with Crippen LogP contribution in [0.4, 0.5) is 0 Å². The molecule has 3 heteroatoms. The fourth-order valence-corrected chi connectivity index (χ4v) is 3.15. The number of aliphatic carboxylic acids is 1. The number of rotatable bonds is 2. The number of hydrogen-bond donors (Lipinski definition) is 1. The zero-order valence-corrected chi connectivity index (χ0v) is 10.7. The molecule has 0 radical (unpaired) electrons. The summed E-state index contributed by atoms with van der Waals surface area (Å²) in [4.78, 5) is 23.4. The molecule has 1 aromatic carbocycles. The number of hydrogen-bond acceptors (Lipinski definition) is 2. The molecule has 3 nitrogen and oxygen atoms in total. The first-order chi connectivity index (χ1) is 9.13. The van der Waals surface area contributed by atoms with E-state index in [1.807, 2.05) is 24.3 Å². The molecule has 0 fully saturated rings. The van der Waals surface area contributed by atoms with Gasteiger partial charge in [0.05, 0.1) is 0 Å². The lowest BCUT2D eigenvalue weighted by atomic mass is 9.77. The maximum atomic E-state index is 11.8. The smallest absolute Gasteiger partial charge is 0.318 e. The Morgan fingerprint density at radius 1 is 1.26 bits per heavy atom. The van der Waals surface area contributed by atoms with Crippen molar-refractivity contribution < 1.29 is 14.7 Å². The van der Waals surface area contributed by atoms with E-state index in [1.165, 1.54) is 0 Å². The van der Waals surface area contributed by atoms with Crippen molar-refractivity contribution in [1.82, 2.24) is 0 Å². The van der Waals surface area contributed by atoms with Crippen LogP contribution in [0.5, 0.6) is 0 Å². The first-order valence-electron chi connectivity index (χ1n) is 6.71. The fourth-order valence-electron chi connectivity index (χ4n) is 3.15. The van der Waals surface area contributed by atoms with Gasteiger partial charge in [0, 0.05) is 12.0 Å². The summed E-state index contributed by atoms with van der Waals surface area (Å²) >= 11 is 0. The number of Topliss-reactive ketones (excluding diaryl/α,β-unsaturated/α-hetero) is 1. The van der Waals surface area contributed by atoms with Gasteiger partial charge in [-0.15, -0.1) is 0 Å². The number of fused-ring (bicyclic) bond motifs is 1. The summed E-state index contributed by atoms with van der Waals surface area (Å²) in [5.41, 5.74) is 1.70. The lowest BCUT2D eigenvalue weighted by Gasteiger charge is -2.25. The Balaban J connectivity index is 2.09. The van der Waals surface area contributed by atoms with Gasteiger partial charge in [-0.2, -0.15) is 0 Å². The van der Waals surface area contributed by atoms with Crippen LogP contribution in [0.2, 0.25) is 0 Å². The van der Waals surface area contributed by atoms with E-state index < -0.39 is 11.4 Å². The van der Waals surface area contributed by atoms with Gasteiger partial charge >= 0.3 is 5.97 Å². The Hall–Kier alpha value is -1.90. The summed E-state index contributed by atoms with van der Waals surface area (Å²) < 4.78 is 0. The molecular formula is C16H16O3. The molecule has 1 N–H and O–H groups in total. The van der Waals surface area contributed by atoms with Crippen LogP contribution in [0.25, 0.3) is 0 Å². The molecule has 0 amide bonds. The van der Waals surface area contributed by atoms with E-state index in [1.54, 1.807) is 6.08 Å². The van der Waals surface area contributed by atoms with Crippen molar-refractivity contribution in [3.63, 3.8) is 0 Å². The number of carbonyl (C=O) groups is 2. The van der Waals surface area contributed by atoms with Crippen molar-refractivity contribution >= 4 is 11.8 Å². The molecule has 19 heavy (non-hydrogen) atoms. The minimum absolute atomic E-state index is 0.180. The summed E-state index contributed by atoms with van der Waals surface area (Å²) in [6.45, 7) is 0. The van der Waals surface area contributed by atoms with E-state index in [2.05, 4.69) is 0 Å². The van der Waals surface area contributed by atoms with Crippen molar-refractivity contribution in [2.24, 2.45) is 0 Å². The molecule has 98 valence electrons. The molecule has 1 aromatic rings. The topological polar surface area (TPSA) is 54.4 Å². The third kappa shape index (κ3) is 1.81. The highest BCUT2D eigenvalue weighted by Gasteiger charge is 2.40. The van der Waals surface area contributed by atoms with E-state index in [0.29, 0.717) is 12.8 Å². The second kappa shape index (κ2) is 4.34. The molecular weight excluding hydrogens is 240 g/mol. The number of carboxylic acid groups (broad SMARTS) is 1. The van der Waals surface area contributed by atoms with Crippen LogP contribution in [0.1, 0.15) is 47.2 Å². The SMILES string of the molecule is O=C1CCCc2cc(C3(C(=O)O)C=CCC3)ccc21. The van der Waals surface area contributed by atoms with Gasteiger partial charge in [0.25, 0.3) is 0 Å². The van der Waals surface area contributed by atoms with Gasteiger partial charge in [-0.1, -0.05) is 30.4 Å². The third-order valence-electron chi connectivity index (χ3n) is 4.26. The fraction of sp³-hybridized carbons (Fsp3) is 0.375. The predicted octanol–water partition coefficient (Wildman–Crippen LogP) is 2.88. The zero-order valence-electron chi connectivity index (χ0n) is 10.7. The summed E-state index contributed by atoms with van der Waals surface area (Å²) in [6.07, 6.45) is 7.47. The van der Waals surface area contributed by atoms with Gasteiger partial charge in [-0.3, -0.25) is 9.59 Å². The standard InChI is InChI=1S/C16H16O3/c17-14-5-3-4-11-10-12(6-7-13(11)14)16(15(18)19)8-1-2-9-16/h1,6-8,10H,2-5,9H2,(H,18,19). The van der Waals surface area contributed by atoms with Crippen molar-refractivity contribution in [2.75, 3.05) is 0 Å². The lowest BCUT2D eigenvalue weighted by molar-refractivity contribution is -0.141.